The highest BCUT2D eigenvalue weighted by atomic mass is 16.6. The third-order valence-corrected chi connectivity index (χ3v) is 8.71. The minimum absolute atomic E-state index is 0.167. The molecule has 0 aliphatic heterocycles. The number of carbonyl (C=O) groups excluding carboxylic acids is 3. The fraction of sp³-hybridized carbons (Fsp3) is 0.500. The smallest absolute Gasteiger partial charge is 0.306 e. The van der Waals surface area contributed by atoms with Crippen molar-refractivity contribution < 1.29 is 28.6 Å². The van der Waals surface area contributed by atoms with Gasteiger partial charge in [-0.15, -0.1) is 0 Å². The largest absolute Gasteiger partial charge is 0.462 e. The van der Waals surface area contributed by atoms with Gasteiger partial charge in [-0.3, -0.25) is 14.4 Å². The quantitative estimate of drug-likeness (QED) is 0.0203. The van der Waals surface area contributed by atoms with Crippen LogP contribution in [-0.4, -0.2) is 37.2 Å². The SMILES string of the molecule is CC\C=C/C=C\C=C/C=C\C=C/CCCC(=O)OC(COC(=O)CC/C=C\C/C=C\C/C=C\C/C=C\C/C=C\CC)COC(=O)CC/C=C\C/C=C\CCCCCCCC. The predicted octanol–water partition coefficient (Wildman–Crippen LogP) is 14.9. The Morgan fingerprint density at radius 3 is 1.27 bits per heavy atom. The van der Waals surface area contributed by atoms with Crippen LogP contribution in [0.4, 0.5) is 0 Å². The second-order valence-corrected chi connectivity index (χ2v) is 14.3. The third-order valence-electron chi connectivity index (χ3n) is 8.71. The van der Waals surface area contributed by atoms with Crippen LogP contribution in [0.1, 0.15) is 156 Å². The lowest BCUT2D eigenvalue weighted by molar-refractivity contribution is -0.166. The summed E-state index contributed by atoms with van der Waals surface area (Å²) in [5.41, 5.74) is 0. The Labute approximate surface area is 366 Å². The molecule has 332 valence electrons. The number of carbonyl (C=O) groups is 3. The van der Waals surface area contributed by atoms with E-state index in [1.807, 2.05) is 72.9 Å². The Morgan fingerprint density at radius 1 is 0.367 bits per heavy atom. The molecule has 60 heavy (non-hydrogen) atoms. The molecule has 0 heterocycles. The average molecular weight is 825 g/mol. The minimum Gasteiger partial charge on any atom is -0.462 e. The van der Waals surface area contributed by atoms with Gasteiger partial charge < -0.3 is 14.2 Å². The molecule has 6 heteroatoms. The van der Waals surface area contributed by atoms with E-state index in [1.54, 1.807) is 0 Å². The molecule has 0 rings (SSSR count). The monoisotopic (exact) mass is 825 g/mol. The summed E-state index contributed by atoms with van der Waals surface area (Å²) in [6, 6.07) is 0. The van der Waals surface area contributed by atoms with E-state index in [9.17, 15) is 14.4 Å². The van der Waals surface area contributed by atoms with E-state index < -0.39 is 18.0 Å². The first-order chi connectivity index (χ1) is 29.5. The highest BCUT2D eigenvalue weighted by molar-refractivity contribution is 5.71. The standard InChI is InChI=1S/C54H80O6/c1-4-7-10-13-16-19-22-25-26-27-30-32-35-38-41-44-47-53(56)59-50-51(60-54(57)48-45-42-39-36-33-29-24-21-18-15-12-9-6-3)49-58-52(55)46-43-40-37-34-31-28-23-20-17-14-11-8-5-2/h7,9-10,12,15-16,18-19,21,24-26,28-33,36-41,51H,4-6,8,11,13-14,17,20,22-23,27,34-35,42-50H2,1-3H3/b10-7-,12-9-,18-15-,19-16-,24-21-,26-25-,31-28-,32-30-,33-29-,39-36-,40-37-,41-38-. The molecule has 0 radical (unpaired) electrons. The molecule has 0 aromatic rings. The molecule has 0 spiro atoms. The summed E-state index contributed by atoms with van der Waals surface area (Å²) >= 11 is 0. The zero-order valence-corrected chi connectivity index (χ0v) is 37.6. The Kier molecular flexibility index (Phi) is 43.3. The van der Waals surface area contributed by atoms with Crippen molar-refractivity contribution in [1.29, 1.82) is 0 Å². The number of unbranched alkanes of at least 4 members (excludes halogenated alkanes) is 7. The lowest BCUT2D eigenvalue weighted by Crippen LogP contribution is -2.30. The molecule has 0 fully saturated rings. The van der Waals surface area contributed by atoms with Crippen molar-refractivity contribution in [3.8, 4) is 0 Å². The van der Waals surface area contributed by atoms with E-state index in [2.05, 4.69) is 93.7 Å². The number of ether oxygens (including phenoxy) is 3. The van der Waals surface area contributed by atoms with E-state index in [1.165, 1.54) is 38.5 Å². The zero-order valence-electron chi connectivity index (χ0n) is 37.6. The van der Waals surface area contributed by atoms with Crippen LogP contribution in [0.2, 0.25) is 0 Å². The van der Waals surface area contributed by atoms with Crippen molar-refractivity contribution in [3.63, 3.8) is 0 Å². The second kappa shape index (κ2) is 47.0. The Bertz CT molecular complexity index is 1410. The Hall–Kier alpha value is -4.71. The number of esters is 3. The van der Waals surface area contributed by atoms with Crippen LogP contribution in [0.3, 0.4) is 0 Å². The molecule has 6 nitrogen and oxygen atoms in total. The average Bonchev–Trinajstić information content (AvgIpc) is 3.24. The van der Waals surface area contributed by atoms with Gasteiger partial charge in [-0.1, -0.05) is 199 Å². The first kappa shape index (κ1) is 55.3. The van der Waals surface area contributed by atoms with Crippen molar-refractivity contribution in [3.05, 3.63) is 146 Å². The van der Waals surface area contributed by atoms with E-state index in [0.717, 1.165) is 51.4 Å². The van der Waals surface area contributed by atoms with Crippen LogP contribution in [-0.2, 0) is 28.6 Å². The number of allylic oxidation sites excluding steroid dienone is 24. The first-order valence-electron chi connectivity index (χ1n) is 22.9. The van der Waals surface area contributed by atoms with Gasteiger partial charge in [-0.05, 0) is 83.5 Å². The molecule has 0 aromatic heterocycles. The minimum atomic E-state index is -0.872. The van der Waals surface area contributed by atoms with Crippen molar-refractivity contribution in [2.75, 3.05) is 13.2 Å². The maximum atomic E-state index is 12.7. The summed E-state index contributed by atoms with van der Waals surface area (Å²) in [6.07, 6.45) is 67.2. The number of hydrogen-bond acceptors (Lipinski definition) is 6. The van der Waals surface area contributed by atoms with Crippen molar-refractivity contribution in [1.82, 2.24) is 0 Å². The summed E-state index contributed by atoms with van der Waals surface area (Å²) in [5.74, 6) is -1.21. The van der Waals surface area contributed by atoms with Gasteiger partial charge in [0.15, 0.2) is 6.10 Å². The van der Waals surface area contributed by atoms with Crippen molar-refractivity contribution >= 4 is 17.9 Å². The van der Waals surface area contributed by atoms with Gasteiger partial charge >= 0.3 is 17.9 Å². The van der Waals surface area contributed by atoms with Crippen LogP contribution in [0.5, 0.6) is 0 Å². The van der Waals surface area contributed by atoms with Gasteiger partial charge in [0.1, 0.15) is 13.2 Å². The Morgan fingerprint density at radius 2 is 0.767 bits per heavy atom. The molecule has 1 unspecified atom stereocenters. The molecular weight excluding hydrogens is 745 g/mol. The predicted molar refractivity (Wildman–Crippen MR) is 255 cm³/mol. The molecule has 0 aliphatic rings. The van der Waals surface area contributed by atoms with Gasteiger partial charge in [0, 0.05) is 19.3 Å². The number of rotatable bonds is 38. The van der Waals surface area contributed by atoms with Crippen molar-refractivity contribution in [2.45, 2.75) is 162 Å². The van der Waals surface area contributed by atoms with Gasteiger partial charge in [0.05, 0.1) is 0 Å². The van der Waals surface area contributed by atoms with Crippen LogP contribution in [0.25, 0.3) is 0 Å². The zero-order chi connectivity index (χ0) is 43.7. The van der Waals surface area contributed by atoms with Gasteiger partial charge in [0.25, 0.3) is 0 Å². The Balaban J connectivity index is 4.71. The highest BCUT2D eigenvalue weighted by Gasteiger charge is 2.19. The lowest BCUT2D eigenvalue weighted by atomic mass is 10.1. The second-order valence-electron chi connectivity index (χ2n) is 14.3. The molecule has 0 saturated carbocycles. The molecule has 0 amide bonds. The van der Waals surface area contributed by atoms with Gasteiger partial charge in [-0.2, -0.15) is 0 Å². The molecule has 0 saturated heterocycles. The fourth-order valence-electron chi connectivity index (χ4n) is 5.34. The van der Waals surface area contributed by atoms with Crippen LogP contribution >= 0.6 is 0 Å². The van der Waals surface area contributed by atoms with Gasteiger partial charge in [-0.25, -0.2) is 0 Å². The van der Waals surface area contributed by atoms with Crippen LogP contribution < -0.4 is 0 Å². The lowest BCUT2D eigenvalue weighted by Gasteiger charge is -2.18. The molecule has 1 atom stereocenters. The maximum Gasteiger partial charge on any atom is 0.306 e. The first-order valence-corrected chi connectivity index (χ1v) is 22.9. The number of hydrogen-bond donors (Lipinski definition) is 0. The molecule has 0 N–H and O–H groups in total. The van der Waals surface area contributed by atoms with Crippen LogP contribution in [0, 0.1) is 0 Å². The summed E-state index contributed by atoms with van der Waals surface area (Å²) in [7, 11) is 0. The molecule has 0 aromatic carbocycles. The van der Waals surface area contributed by atoms with Gasteiger partial charge in [0.2, 0.25) is 0 Å². The van der Waals surface area contributed by atoms with E-state index >= 15 is 0 Å². The molecular formula is C54H80O6. The maximum absolute atomic E-state index is 12.7. The topological polar surface area (TPSA) is 78.9 Å². The fourth-order valence-corrected chi connectivity index (χ4v) is 5.34. The highest BCUT2D eigenvalue weighted by Crippen LogP contribution is 2.09. The normalized spacial score (nSPS) is 13.4. The molecule has 0 aliphatic carbocycles. The molecule has 0 bridgehead atoms. The summed E-state index contributed by atoms with van der Waals surface area (Å²) in [6.45, 7) is 6.14. The third kappa shape index (κ3) is 44.4. The van der Waals surface area contributed by atoms with E-state index in [-0.39, 0.29) is 38.4 Å². The summed E-state index contributed by atoms with van der Waals surface area (Å²) in [5, 5.41) is 0. The van der Waals surface area contributed by atoms with E-state index in [4.69, 9.17) is 14.2 Å². The summed E-state index contributed by atoms with van der Waals surface area (Å²) < 4.78 is 16.5. The van der Waals surface area contributed by atoms with Crippen molar-refractivity contribution in [2.24, 2.45) is 0 Å². The van der Waals surface area contributed by atoms with E-state index in [0.29, 0.717) is 25.7 Å². The summed E-state index contributed by atoms with van der Waals surface area (Å²) in [4.78, 5) is 37.7. The van der Waals surface area contributed by atoms with Crippen LogP contribution in [0.15, 0.2) is 146 Å².